The molecule has 0 radical (unpaired) electrons. The average molecular weight is 431 g/mol. The molecular formula is C21H18ClNO2Se. The summed E-state index contributed by atoms with van der Waals surface area (Å²) in [6.07, 6.45) is 0. The van der Waals surface area contributed by atoms with E-state index >= 15 is 0 Å². The van der Waals surface area contributed by atoms with Gasteiger partial charge < -0.3 is 0 Å². The topological polar surface area (TPSA) is 38.3 Å². The van der Waals surface area contributed by atoms with Gasteiger partial charge in [0.15, 0.2) is 0 Å². The molecule has 0 aliphatic carbocycles. The number of hydrogen-bond acceptors (Lipinski definition) is 2. The van der Waals surface area contributed by atoms with Crippen molar-refractivity contribution < 1.29 is 9.53 Å². The van der Waals surface area contributed by atoms with Gasteiger partial charge in [0.05, 0.1) is 0 Å². The first-order chi connectivity index (χ1) is 12.7. The molecule has 3 nitrogen and oxygen atoms in total. The van der Waals surface area contributed by atoms with Crippen molar-refractivity contribution in [1.29, 1.82) is 0 Å². The fourth-order valence-electron chi connectivity index (χ4n) is 2.37. The van der Waals surface area contributed by atoms with Gasteiger partial charge in [-0.25, -0.2) is 0 Å². The third-order valence-electron chi connectivity index (χ3n) is 3.57. The molecule has 0 spiro atoms. The second-order valence-electron chi connectivity index (χ2n) is 5.47. The van der Waals surface area contributed by atoms with Gasteiger partial charge in [-0.15, -0.1) is 0 Å². The first-order valence-corrected chi connectivity index (χ1v) is 10.6. The molecule has 0 atom stereocenters. The molecular weight excluding hydrogens is 413 g/mol. The number of halogens is 1. The van der Waals surface area contributed by atoms with Crippen LogP contribution >= 0.6 is 11.6 Å². The predicted octanol–water partition coefficient (Wildman–Crippen LogP) is 4.42. The Morgan fingerprint density at radius 2 is 1.73 bits per heavy atom. The number of hydrogen-bond donors (Lipinski definition) is 1. The zero-order valence-corrected chi connectivity index (χ0v) is 16.5. The van der Waals surface area contributed by atoms with Crippen molar-refractivity contribution in [3.63, 3.8) is 0 Å². The van der Waals surface area contributed by atoms with Crippen LogP contribution in [-0.2, 0) is 0 Å². The average Bonchev–Trinajstić information content (AvgIpc) is 2.66. The third-order valence-corrected chi connectivity index (χ3v) is 5.98. The van der Waals surface area contributed by atoms with Gasteiger partial charge in [-0.2, -0.15) is 0 Å². The van der Waals surface area contributed by atoms with Gasteiger partial charge in [-0.05, 0) is 0 Å². The van der Waals surface area contributed by atoms with Crippen LogP contribution in [0.4, 0.5) is 5.69 Å². The molecule has 1 N–H and O–H groups in total. The fraction of sp³-hybridized carbons (Fsp3) is 0.0952. The Kier molecular flexibility index (Phi) is 6.73. The van der Waals surface area contributed by atoms with Crippen LogP contribution in [0.25, 0.3) is 0 Å². The molecule has 0 bridgehead atoms. The van der Waals surface area contributed by atoms with Gasteiger partial charge in [-0.1, -0.05) is 0 Å². The number of ether oxygens (including phenoxy) is 1. The number of anilines is 1. The van der Waals surface area contributed by atoms with Gasteiger partial charge in [0, 0.05) is 0 Å². The molecule has 0 aliphatic rings. The standard InChI is InChI=1S/C21H18ClNO2Se/c22-16-7-6-8-17(15-16)23-21(24)19-11-4-5-12-20(19)26-14-13-25-18-9-2-1-3-10-18/h1-12,15H,13-14H2,(H,23,24). The summed E-state index contributed by atoms with van der Waals surface area (Å²) >= 11 is 6.13. The van der Waals surface area contributed by atoms with Crippen LogP contribution in [0.5, 0.6) is 5.75 Å². The molecule has 3 aromatic carbocycles. The molecule has 0 aliphatic heterocycles. The number of benzene rings is 3. The van der Waals surface area contributed by atoms with Crippen molar-refractivity contribution in [1.82, 2.24) is 0 Å². The molecule has 0 fully saturated rings. The van der Waals surface area contributed by atoms with Crippen LogP contribution in [0, 0.1) is 0 Å². The summed E-state index contributed by atoms with van der Waals surface area (Å²) in [6.45, 7) is 0.633. The van der Waals surface area contributed by atoms with Gasteiger partial charge in [0.1, 0.15) is 0 Å². The first kappa shape index (κ1) is 18.5. The van der Waals surface area contributed by atoms with Gasteiger partial charge >= 0.3 is 165 Å². The van der Waals surface area contributed by atoms with E-state index in [0.717, 1.165) is 15.5 Å². The van der Waals surface area contributed by atoms with Crippen LogP contribution in [0.15, 0.2) is 78.9 Å². The minimum atomic E-state index is -0.117. The van der Waals surface area contributed by atoms with Gasteiger partial charge in [-0.3, -0.25) is 0 Å². The van der Waals surface area contributed by atoms with Crippen molar-refractivity contribution in [2.75, 3.05) is 11.9 Å². The Bertz CT molecular complexity index is 871. The molecule has 3 aromatic rings. The van der Waals surface area contributed by atoms with E-state index < -0.39 is 0 Å². The van der Waals surface area contributed by atoms with Crippen molar-refractivity contribution in [2.24, 2.45) is 0 Å². The zero-order chi connectivity index (χ0) is 18.2. The maximum absolute atomic E-state index is 12.6. The summed E-state index contributed by atoms with van der Waals surface area (Å²) in [7, 11) is 0. The first-order valence-electron chi connectivity index (χ1n) is 8.19. The number of para-hydroxylation sites is 1. The quantitative estimate of drug-likeness (QED) is 0.445. The summed E-state index contributed by atoms with van der Waals surface area (Å²) in [6, 6.07) is 24.6. The van der Waals surface area contributed by atoms with E-state index in [-0.39, 0.29) is 20.9 Å². The molecule has 26 heavy (non-hydrogen) atoms. The van der Waals surface area contributed by atoms with Crippen LogP contribution < -0.4 is 14.5 Å². The van der Waals surface area contributed by atoms with Crippen molar-refractivity contribution in [3.8, 4) is 5.75 Å². The molecule has 0 saturated heterocycles. The Hall–Kier alpha value is -2.26. The summed E-state index contributed by atoms with van der Waals surface area (Å²) < 4.78 is 6.80. The van der Waals surface area contributed by atoms with Crippen LogP contribution in [0.2, 0.25) is 10.3 Å². The second kappa shape index (κ2) is 9.44. The molecule has 0 unspecified atom stereocenters. The van der Waals surface area contributed by atoms with Crippen molar-refractivity contribution in [3.05, 3.63) is 89.4 Å². The number of carbonyl (C=O) groups excluding carboxylic acids is 1. The van der Waals surface area contributed by atoms with E-state index in [2.05, 4.69) is 5.32 Å². The summed E-state index contributed by atoms with van der Waals surface area (Å²) in [5, 5.41) is 4.40. The van der Waals surface area contributed by atoms with Crippen LogP contribution in [-0.4, -0.2) is 27.5 Å². The molecule has 0 saturated carbocycles. The Morgan fingerprint density at radius 1 is 0.962 bits per heavy atom. The second-order valence-corrected chi connectivity index (χ2v) is 8.29. The Morgan fingerprint density at radius 3 is 2.54 bits per heavy atom. The SMILES string of the molecule is O=C(Nc1cccc(Cl)c1)c1ccccc1[Se]CCOc1ccccc1. The van der Waals surface area contributed by atoms with Gasteiger partial charge in [0.2, 0.25) is 0 Å². The Labute approximate surface area is 164 Å². The van der Waals surface area contributed by atoms with Crippen LogP contribution in [0.1, 0.15) is 10.4 Å². The van der Waals surface area contributed by atoms with Crippen molar-refractivity contribution in [2.45, 2.75) is 5.32 Å². The van der Waals surface area contributed by atoms with E-state index in [0.29, 0.717) is 22.9 Å². The van der Waals surface area contributed by atoms with Crippen molar-refractivity contribution >= 4 is 42.6 Å². The number of rotatable bonds is 7. The normalized spacial score (nSPS) is 10.3. The number of nitrogens with one attached hydrogen (secondary N) is 1. The summed E-state index contributed by atoms with van der Waals surface area (Å²) in [5.74, 6) is 0.754. The molecule has 1 amide bonds. The fourth-order valence-corrected chi connectivity index (χ4v) is 4.40. The monoisotopic (exact) mass is 431 g/mol. The third kappa shape index (κ3) is 5.37. The zero-order valence-electron chi connectivity index (χ0n) is 14.0. The van der Waals surface area contributed by atoms with E-state index in [4.69, 9.17) is 16.3 Å². The maximum atomic E-state index is 12.6. The van der Waals surface area contributed by atoms with E-state index in [9.17, 15) is 4.79 Å². The van der Waals surface area contributed by atoms with E-state index in [1.54, 1.807) is 12.1 Å². The van der Waals surface area contributed by atoms with E-state index in [1.165, 1.54) is 0 Å². The molecule has 3 rings (SSSR count). The summed E-state index contributed by atoms with van der Waals surface area (Å²) in [4.78, 5) is 12.6. The van der Waals surface area contributed by atoms with Gasteiger partial charge in [0.25, 0.3) is 0 Å². The molecule has 5 heteroatoms. The van der Waals surface area contributed by atoms with E-state index in [1.807, 2.05) is 66.7 Å². The molecule has 132 valence electrons. The van der Waals surface area contributed by atoms with Crippen LogP contribution in [0.3, 0.4) is 0 Å². The summed E-state index contributed by atoms with van der Waals surface area (Å²) in [5.41, 5.74) is 1.39. The number of amides is 1. The Balaban J connectivity index is 1.59. The molecule has 0 heterocycles. The number of carbonyl (C=O) groups is 1. The predicted molar refractivity (Wildman–Crippen MR) is 108 cm³/mol. The minimum absolute atomic E-state index is 0.117. The molecule has 0 aromatic heterocycles.